The highest BCUT2D eigenvalue weighted by molar-refractivity contribution is 6.08. The minimum absolute atomic E-state index is 0.223. The molecule has 39 heavy (non-hydrogen) atoms. The lowest BCUT2D eigenvalue weighted by Crippen LogP contribution is -2.49. The molecule has 0 bridgehead atoms. The molecule has 3 aliphatic rings. The molecule has 2 fully saturated rings. The topological polar surface area (TPSA) is 120 Å². The van der Waals surface area contributed by atoms with Crippen molar-refractivity contribution >= 4 is 23.5 Å². The highest BCUT2D eigenvalue weighted by Crippen LogP contribution is 2.43. The molecule has 0 aromatic heterocycles. The monoisotopic (exact) mass is 542 g/mol. The zero-order valence-corrected chi connectivity index (χ0v) is 21.6. The van der Waals surface area contributed by atoms with Gasteiger partial charge in [0.15, 0.2) is 0 Å². The Kier molecular flexibility index (Phi) is 7.66. The molecule has 2 aliphatic heterocycles. The fraction of sp³-hybridized carbons (Fsp3) is 0.464. The maximum absolute atomic E-state index is 14.1. The van der Waals surface area contributed by atoms with E-state index in [4.69, 9.17) is 4.74 Å². The van der Waals surface area contributed by atoms with Crippen molar-refractivity contribution in [1.82, 2.24) is 15.5 Å². The minimum Gasteiger partial charge on any atom is -0.381 e. The number of amides is 4. The normalized spacial score (nSPS) is 27.6. The molecule has 4 unspecified atom stereocenters. The van der Waals surface area contributed by atoms with E-state index in [-0.39, 0.29) is 31.4 Å². The van der Waals surface area contributed by atoms with E-state index in [0.717, 1.165) is 23.6 Å². The number of urea groups is 1. The zero-order chi connectivity index (χ0) is 27.7. The number of nitrogens with zero attached hydrogens (tertiary/aromatic N) is 1. The highest BCUT2D eigenvalue weighted by atomic mass is 19.1. The second kappa shape index (κ2) is 11.0. The number of benzene rings is 2. The van der Waals surface area contributed by atoms with Crippen molar-refractivity contribution in [2.75, 3.05) is 25.1 Å². The molecular formula is C28H32F2N4O5. The van der Waals surface area contributed by atoms with Crippen LogP contribution >= 0.6 is 0 Å². The number of hydrogen-bond donors (Lipinski definition) is 4. The summed E-state index contributed by atoms with van der Waals surface area (Å²) in [5, 5.41) is 18.9. The van der Waals surface area contributed by atoms with Gasteiger partial charge in [0.1, 0.15) is 23.4 Å². The SMILES string of the molecule is CC1c2cc(NC(=O)CN3C(O)CCOCCCCC3c3cc(F)cc(F)c3)ccc2CC12NC(=O)NC2=O. The van der Waals surface area contributed by atoms with Crippen LogP contribution in [0.3, 0.4) is 0 Å². The Balaban J connectivity index is 1.36. The summed E-state index contributed by atoms with van der Waals surface area (Å²) in [5.41, 5.74) is 1.55. The number of carbonyl (C=O) groups excluding carboxylic acids is 3. The van der Waals surface area contributed by atoms with E-state index in [2.05, 4.69) is 16.0 Å². The Morgan fingerprint density at radius 2 is 1.90 bits per heavy atom. The molecule has 4 amide bonds. The van der Waals surface area contributed by atoms with Crippen LogP contribution in [0.4, 0.5) is 19.3 Å². The van der Waals surface area contributed by atoms with Gasteiger partial charge in [-0.2, -0.15) is 0 Å². The van der Waals surface area contributed by atoms with Gasteiger partial charge in [-0.3, -0.25) is 19.8 Å². The standard InChI is InChI=1S/C28H32F2N4O5/c1-16-22-13-21(6-5-17(22)14-28(16)26(37)32-27(38)33-28)31-24(35)15-34-23(18-10-19(29)12-20(30)11-18)4-2-3-8-39-9-7-25(34)36/h5-6,10-13,16,23,25,36H,2-4,7-9,14-15H2,1H3,(H,31,35)(H2,32,33,37,38). The van der Waals surface area contributed by atoms with E-state index in [1.807, 2.05) is 13.0 Å². The number of aliphatic hydroxyl groups excluding tert-OH is 1. The Hall–Kier alpha value is -3.41. The number of carbonyl (C=O) groups is 3. The third-order valence-corrected chi connectivity index (χ3v) is 7.99. The third-order valence-electron chi connectivity index (χ3n) is 7.99. The highest BCUT2D eigenvalue weighted by Gasteiger charge is 2.54. The maximum atomic E-state index is 14.1. The molecule has 5 rings (SSSR count). The summed E-state index contributed by atoms with van der Waals surface area (Å²) in [7, 11) is 0. The quantitative estimate of drug-likeness (QED) is 0.441. The smallest absolute Gasteiger partial charge is 0.322 e. The number of rotatable bonds is 4. The number of ether oxygens (including phenoxy) is 1. The van der Waals surface area contributed by atoms with Crippen molar-refractivity contribution in [3.05, 3.63) is 64.7 Å². The predicted molar refractivity (Wildman–Crippen MR) is 138 cm³/mol. The first-order valence-corrected chi connectivity index (χ1v) is 13.2. The molecule has 208 valence electrons. The van der Waals surface area contributed by atoms with Gasteiger partial charge < -0.3 is 20.5 Å². The molecule has 2 aromatic carbocycles. The van der Waals surface area contributed by atoms with Crippen LogP contribution in [0.25, 0.3) is 0 Å². The fourth-order valence-electron chi connectivity index (χ4n) is 5.97. The van der Waals surface area contributed by atoms with Gasteiger partial charge in [-0.15, -0.1) is 0 Å². The first kappa shape index (κ1) is 27.2. The van der Waals surface area contributed by atoms with Crippen LogP contribution in [0, 0.1) is 11.6 Å². The molecule has 2 saturated heterocycles. The molecule has 2 aromatic rings. The third kappa shape index (κ3) is 5.52. The molecule has 1 aliphatic carbocycles. The van der Waals surface area contributed by atoms with Crippen molar-refractivity contribution in [2.45, 2.75) is 62.8 Å². The molecule has 4 atom stereocenters. The van der Waals surface area contributed by atoms with Crippen LogP contribution in [0.15, 0.2) is 36.4 Å². The number of anilines is 1. The van der Waals surface area contributed by atoms with Crippen LogP contribution in [0.5, 0.6) is 0 Å². The van der Waals surface area contributed by atoms with Gasteiger partial charge in [0.05, 0.1) is 13.2 Å². The zero-order valence-electron chi connectivity index (χ0n) is 21.6. The molecule has 2 heterocycles. The van der Waals surface area contributed by atoms with E-state index < -0.39 is 41.4 Å². The largest absolute Gasteiger partial charge is 0.381 e. The van der Waals surface area contributed by atoms with E-state index >= 15 is 0 Å². The average molecular weight is 543 g/mol. The number of fused-ring (bicyclic) bond motifs is 1. The van der Waals surface area contributed by atoms with Crippen LogP contribution in [0.2, 0.25) is 0 Å². The molecule has 0 radical (unpaired) electrons. The second-order valence-corrected chi connectivity index (χ2v) is 10.5. The van der Waals surface area contributed by atoms with Crippen molar-refractivity contribution in [3.63, 3.8) is 0 Å². The Morgan fingerprint density at radius 1 is 1.13 bits per heavy atom. The first-order valence-electron chi connectivity index (χ1n) is 13.2. The molecule has 9 nitrogen and oxygen atoms in total. The first-order chi connectivity index (χ1) is 18.7. The van der Waals surface area contributed by atoms with Crippen LogP contribution in [0.1, 0.15) is 61.3 Å². The number of hydrogen-bond acceptors (Lipinski definition) is 6. The number of aliphatic hydroxyl groups is 1. The summed E-state index contributed by atoms with van der Waals surface area (Å²) in [4.78, 5) is 39.2. The summed E-state index contributed by atoms with van der Waals surface area (Å²) < 4.78 is 33.8. The van der Waals surface area contributed by atoms with Crippen molar-refractivity contribution in [1.29, 1.82) is 0 Å². The van der Waals surface area contributed by atoms with Gasteiger partial charge in [-0.1, -0.05) is 13.0 Å². The molecule has 1 spiro atoms. The van der Waals surface area contributed by atoms with Crippen LogP contribution in [-0.2, 0) is 20.7 Å². The van der Waals surface area contributed by atoms with Gasteiger partial charge in [0.25, 0.3) is 5.91 Å². The van der Waals surface area contributed by atoms with Gasteiger partial charge in [-0.05, 0) is 60.2 Å². The van der Waals surface area contributed by atoms with E-state index in [9.17, 15) is 28.3 Å². The molecular weight excluding hydrogens is 510 g/mol. The Bertz CT molecular complexity index is 1270. The van der Waals surface area contributed by atoms with Crippen molar-refractivity contribution in [3.8, 4) is 0 Å². The van der Waals surface area contributed by atoms with E-state index in [1.165, 1.54) is 12.1 Å². The van der Waals surface area contributed by atoms with Crippen molar-refractivity contribution in [2.24, 2.45) is 0 Å². The van der Waals surface area contributed by atoms with Gasteiger partial charge in [0, 0.05) is 43.2 Å². The van der Waals surface area contributed by atoms with Gasteiger partial charge >= 0.3 is 6.03 Å². The summed E-state index contributed by atoms with van der Waals surface area (Å²) >= 11 is 0. The molecule has 4 N–H and O–H groups in total. The minimum atomic E-state index is -1.07. The molecule has 0 saturated carbocycles. The number of imide groups is 1. The van der Waals surface area contributed by atoms with E-state index in [0.29, 0.717) is 37.1 Å². The Labute approximate surface area is 224 Å². The summed E-state index contributed by atoms with van der Waals surface area (Å²) in [6.45, 7) is 2.45. The second-order valence-electron chi connectivity index (χ2n) is 10.5. The lowest BCUT2D eigenvalue weighted by atomic mass is 9.86. The van der Waals surface area contributed by atoms with Crippen LogP contribution in [-0.4, -0.2) is 59.4 Å². The number of halogens is 2. The summed E-state index contributed by atoms with van der Waals surface area (Å²) in [5.74, 6) is -2.54. The fourth-order valence-corrected chi connectivity index (χ4v) is 5.97. The predicted octanol–water partition coefficient (Wildman–Crippen LogP) is 3.09. The Morgan fingerprint density at radius 3 is 2.62 bits per heavy atom. The number of nitrogens with one attached hydrogen (secondary N) is 3. The lowest BCUT2D eigenvalue weighted by Gasteiger charge is -2.36. The van der Waals surface area contributed by atoms with Gasteiger partial charge in [-0.25, -0.2) is 13.6 Å². The molecule has 11 heteroatoms. The maximum Gasteiger partial charge on any atom is 0.322 e. The van der Waals surface area contributed by atoms with Crippen LogP contribution < -0.4 is 16.0 Å². The summed E-state index contributed by atoms with van der Waals surface area (Å²) in [6, 6.07) is 7.50. The average Bonchev–Trinajstić information content (AvgIpc) is 3.32. The van der Waals surface area contributed by atoms with E-state index in [1.54, 1.807) is 17.0 Å². The van der Waals surface area contributed by atoms with Crippen molar-refractivity contribution < 1.29 is 33.0 Å². The van der Waals surface area contributed by atoms with Gasteiger partial charge in [0.2, 0.25) is 5.91 Å². The summed E-state index contributed by atoms with van der Waals surface area (Å²) in [6.07, 6.45) is 1.41. The lowest BCUT2D eigenvalue weighted by molar-refractivity contribution is -0.124.